The summed E-state index contributed by atoms with van der Waals surface area (Å²) >= 11 is 0. The molecule has 146 valence electrons. The lowest BCUT2D eigenvalue weighted by molar-refractivity contribution is -0.110. The van der Waals surface area contributed by atoms with Gasteiger partial charge in [-0.25, -0.2) is 0 Å². The van der Waals surface area contributed by atoms with Gasteiger partial charge in [0.1, 0.15) is 5.56 Å². The van der Waals surface area contributed by atoms with Crippen LogP contribution in [0.1, 0.15) is 21.6 Å². The molecule has 0 radical (unpaired) electrons. The second-order valence-electron chi connectivity index (χ2n) is 6.50. The van der Waals surface area contributed by atoms with Gasteiger partial charge in [-0.15, -0.1) is 0 Å². The van der Waals surface area contributed by atoms with E-state index in [4.69, 9.17) is 5.11 Å². The van der Waals surface area contributed by atoms with Crippen molar-refractivity contribution in [1.82, 2.24) is 9.55 Å². The SMILES string of the molecule is O=C1Nc2cc(NC(=O)c3cccn(CCO)c3=O)ccc2C1=Cc1ccc[nH]1. The Bertz CT molecular complexity index is 1180. The number of hydrogen-bond acceptors (Lipinski definition) is 4. The van der Waals surface area contributed by atoms with Gasteiger partial charge in [0, 0.05) is 35.9 Å². The van der Waals surface area contributed by atoms with Gasteiger partial charge < -0.3 is 25.3 Å². The van der Waals surface area contributed by atoms with E-state index in [0.717, 1.165) is 11.3 Å². The summed E-state index contributed by atoms with van der Waals surface area (Å²) < 4.78 is 1.27. The molecule has 3 aromatic rings. The summed E-state index contributed by atoms with van der Waals surface area (Å²) in [5, 5.41) is 14.5. The number of anilines is 2. The molecule has 8 heteroatoms. The Morgan fingerprint density at radius 3 is 2.79 bits per heavy atom. The van der Waals surface area contributed by atoms with E-state index in [-0.39, 0.29) is 24.6 Å². The van der Waals surface area contributed by atoms with Gasteiger partial charge in [0.05, 0.1) is 17.9 Å². The largest absolute Gasteiger partial charge is 0.395 e. The van der Waals surface area contributed by atoms with E-state index in [1.807, 2.05) is 12.1 Å². The fourth-order valence-corrected chi connectivity index (χ4v) is 3.20. The summed E-state index contributed by atoms with van der Waals surface area (Å²) in [4.78, 5) is 40.2. The maximum absolute atomic E-state index is 12.5. The van der Waals surface area contributed by atoms with Crippen LogP contribution in [0.4, 0.5) is 11.4 Å². The number of aliphatic hydroxyl groups excluding tert-OH is 1. The van der Waals surface area contributed by atoms with Crippen molar-refractivity contribution in [3.05, 3.63) is 82.0 Å². The molecule has 0 spiro atoms. The lowest BCUT2D eigenvalue weighted by atomic mass is 10.1. The van der Waals surface area contributed by atoms with Crippen LogP contribution in [0.15, 0.2) is 59.7 Å². The summed E-state index contributed by atoms with van der Waals surface area (Å²) in [6.45, 7) is -0.0887. The molecule has 0 unspecified atom stereocenters. The zero-order valence-corrected chi connectivity index (χ0v) is 15.3. The number of carbonyl (C=O) groups excluding carboxylic acids is 2. The van der Waals surface area contributed by atoms with Gasteiger partial charge in [0.25, 0.3) is 17.4 Å². The maximum atomic E-state index is 12.5. The van der Waals surface area contributed by atoms with Crippen LogP contribution in [0, 0.1) is 0 Å². The molecule has 0 saturated heterocycles. The molecule has 1 aromatic carbocycles. The molecule has 0 fully saturated rings. The zero-order chi connectivity index (χ0) is 20.4. The Hall–Kier alpha value is -3.91. The number of aromatic amines is 1. The van der Waals surface area contributed by atoms with E-state index in [1.54, 1.807) is 36.5 Å². The first-order chi connectivity index (χ1) is 14.1. The Kier molecular flexibility index (Phi) is 4.84. The van der Waals surface area contributed by atoms with E-state index in [0.29, 0.717) is 16.9 Å². The van der Waals surface area contributed by atoms with Crippen molar-refractivity contribution in [2.24, 2.45) is 0 Å². The van der Waals surface area contributed by atoms with Crippen molar-refractivity contribution in [1.29, 1.82) is 0 Å². The average molecular weight is 390 g/mol. The highest BCUT2D eigenvalue weighted by Crippen LogP contribution is 2.34. The van der Waals surface area contributed by atoms with E-state index in [9.17, 15) is 14.4 Å². The average Bonchev–Trinajstić information content (AvgIpc) is 3.32. The van der Waals surface area contributed by atoms with Crippen LogP contribution in [0.3, 0.4) is 0 Å². The Morgan fingerprint density at radius 1 is 1.17 bits per heavy atom. The molecule has 0 atom stereocenters. The standard InChI is InChI=1S/C21H18N4O4/c26-10-9-25-8-2-4-16(21(25)29)19(27)23-14-5-6-15-17(11-13-3-1-7-22-13)20(28)24-18(15)12-14/h1-8,11-12,22,26H,9-10H2,(H,23,27)(H,24,28). The van der Waals surface area contributed by atoms with Gasteiger partial charge in [-0.3, -0.25) is 14.4 Å². The van der Waals surface area contributed by atoms with Crippen LogP contribution in [-0.4, -0.2) is 33.1 Å². The summed E-state index contributed by atoms with van der Waals surface area (Å²) in [6.07, 6.45) is 5.04. The second-order valence-corrected chi connectivity index (χ2v) is 6.50. The van der Waals surface area contributed by atoms with Crippen LogP contribution in [0.25, 0.3) is 11.6 Å². The summed E-state index contributed by atoms with van der Waals surface area (Å²) in [5.41, 5.74) is 2.58. The van der Waals surface area contributed by atoms with Crippen molar-refractivity contribution in [3.8, 4) is 0 Å². The van der Waals surface area contributed by atoms with Crippen LogP contribution in [0.2, 0.25) is 0 Å². The number of carbonyl (C=O) groups is 2. The highest BCUT2D eigenvalue weighted by Gasteiger charge is 2.24. The van der Waals surface area contributed by atoms with Crippen molar-refractivity contribution < 1.29 is 14.7 Å². The monoisotopic (exact) mass is 390 g/mol. The summed E-state index contributed by atoms with van der Waals surface area (Å²) in [5.74, 6) is -0.790. The van der Waals surface area contributed by atoms with Crippen molar-refractivity contribution in [2.45, 2.75) is 6.54 Å². The predicted molar refractivity (Wildman–Crippen MR) is 109 cm³/mol. The van der Waals surface area contributed by atoms with E-state index < -0.39 is 11.5 Å². The number of benzene rings is 1. The van der Waals surface area contributed by atoms with E-state index in [1.165, 1.54) is 16.8 Å². The first-order valence-electron chi connectivity index (χ1n) is 8.99. The molecule has 29 heavy (non-hydrogen) atoms. The minimum atomic E-state index is -0.561. The molecule has 0 aliphatic carbocycles. The number of pyridine rings is 1. The van der Waals surface area contributed by atoms with Crippen LogP contribution in [0.5, 0.6) is 0 Å². The number of fused-ring (bicyclic) bond motifs is 1. The fourth-order valence-electron chi connectivity index (χ4n) is 3.20. The normalized spacial score (nSPS) is 14.0. The molecule has 2 aromatic heterocycles. The number of amides is 2. The summed E-state index contributed by atoms with van der Waals surface area (Å²) in [7, 11) is 0. The molecular formula is C21H18N4O4. The minimum Gasteiger partial charge on any atom is -0.395 e. The number of aromatic nitrogens is 2. The van der Waals surface area contributed by atoms with Crippen LogP contribution >= 0.6 is 0 Å². The molecule has 1 aliphatic rings. The van der Waals surface area contributed by atoms with Gasteiger partial charge in [-0.2, -0.15) is 0 Å². The maximum Gasteiger partial charge on any atom is 0.263 e. The molecule has 1 aliphatic heterocycles. The van der Waals surface area contributed by atoms with Gasteiger partial charge in [0.15, 0.2) is 0 Å². The first kappa shape index (κ1) is 18.5. The lowest BCUT2D eigenvalue weighted by Gasteiger charge is -2.09. The number of H-pyrrole nitrogens is 1. The third kappa shape index (κ3) is 3.61. The smallest absolute Gasteiger partial charge is 0.263 e. The van der Waals surface area contributed by atoms with E-state index in [2.05, 4.69) is 15.6 Å². The topological polar surface area (TPSA) is 116 Å². The predicted octanol–water partition coefficient (Wildman–Crippen LogP) is 1.91. The molecule has 8 nitrogen and oxygen atoms in total. The van der Waals surface area contributed by atoms with Gasteiger partial charge in [-0.1, -0.05) is 6.07 Å². The third-order valence-electron chi connectivity index (χ3n) is 4.59. The van der Waals surface area contributed by atoms with Crippen LogP contribution in [-0.2, 0) is 11.3 Å². The minimum absolute atomic E-state index is 0.0298. The zero-order valence-electron chi connectivity index (χ0n) is 15.3. The van der Waals surface area contributed by atoms with Crippen LogP contribution < -0.4 is 16.2 Å². The number of hydrogen-bond donors (Lipinski definition) is 4. The number of nitrogens with zero attached hydrogens (tertiary/aromatic N) is 1. The Balaban J connectivity index is 1.59. The molecular weight excluding hydrogens is 372 g/mol. The molecule has 0 saturated carbocycles. The Labute approximate surface area is 165 Å². The quantitative estimate of drug-likeness (QED) is 0.498. The molecule has 3 heterocycles. The van der Waals surface area contributed by atoms with Gasteiger partial charge in [-0.05, 0) is 42.5 Å². The van der Waals surface area contributed by atoms with Crippen molar-refractivity contribution >= 4 is 34.8 Å². The summed E-state index contributed by atoms with van der Waals surface area (Å²) in [6, 6.07) is 11.8. The Morgan fingerprint density at radius 2 is 2.03 bits per heavy atom. The molecule has 0 bridgehead atoms. The first-order valence-corrected chi connectivity index (χ1v) is 8.99. The van der Waals surface area contributed by atoms with Gasteiger partial charge >= 0.3 is 0 Å². The fraction of sp³-hybridized carbons (Fsp3) is 0.0952. The molecule has 4 N–H and O–H groups in total. The molecule has 4 rings (SSSR count). The third-order valence-corrected chi connectivity index (χ3v) is 4.59. The molecule has 2 amide bonds. The highest BCUT2D eigenvalue weighted by molar-refractivity contribution is 6.35. The second kappa shape index (κ2) is 7.61. The van der Waals surface area contributed by atoms with Crippen molar-refractivity contribution in [3.63, 3.8) is 0 Å². The lowest BCUT2D eigenvalue weighted by Crippen LogP contribution is -2.29. The van der Waals surface area contributed by atoms with Gasteiger partial charge in [0.2, 0.25) is 0 Å². The highest BCUT2D eigenvalue weighted by atomic mass is 16.3. The number of nitrogens with one attached hydrogen (secondary N) is 3. The number of rotatable bonds is 5. The van der Waals surface area contributed by atoms with Crippen molar-refractivity contribution in [2.75, 3.05) is 17.2 Å². The number of aliphatic hydroxyl groups is 1. The van der Waals surface area contributed by atoms with E-state index >= 15 is 0 Å².